The molecule has 0 unspecified atom stereocenters. The number of Topliss-reactive ketones (excluding diaryl/α,β-unsaturated/α-hetero) is 1. The number of rotatable bonds is 7. The predicted octanol–water partition coefficient (Wildman–Crippen LogP) is 2.68. The first-order valence-electron chi connectivity index (χ1n) is 9.59. The summed E-state index contributed by atoms with van der Waals surface area (Å²) in [6, 6.07) is 8.21. The smallest absolute Gasteiger partial charge is 0.408 e. The van der Waals surface area contributed by atoms with Crippen molar-refractivity contribution in [1.82, 2.24) is 10.2 Å². The Kier molecular flexibility index (Phi) is 7.57. The van der Waals surface area contributed by atoms with Gasteiger partial charge in [0.25, 0.3) is 0 Å². The van der Waals surface area contributed by atoms with Crippen LogP contribution in [0.25, 0.3) is 0 Å². The maximum Gasteiger partial charge on any atom is 0.408 e. The molecule has 2 amide bonds. The largest absolute Gasteiger partial charge is 0.444 e. The van der Waals surface area contributed by atoms with Crippen molar-refractivity contribution in [2.45, 2.75) is 64.8 Å². The average molecular weight is 390 g/mol. The van der Waals surface area contributed by atoms with Crippen molar-refractivity contribution < 1.29 is 23.9 Å². The van der Waals surface area contributed by atoms with Crippen molar-refractivity contribution in [3.05, 3.63) is 35.9 Å². The second-order valence-corrected chi connectivity index (χ2v) is 8.00. The molecule has 2 rings (SSSR count). The SMILES string of the molecule is CC(=O)[C@@H]1CCCN1C(=O)[C@H](COCc1ccccc1)NC(=O)OC(C)(C)C. The maximum absolute atomic E-state index is 13.0. The van der Waals surface area contributed by atoms with E-state index in [4.69, 9.17) is 9.47 Å². The molecule has 0 bridgehead atoms. The Labute approximate surface area is 166 Å². The number of ketones is 1. The number of nitrogens with zero attached hydrogens (tertiary/aromatic N) is 1. The third kappa shape index (κ3) is 6.64. The Bertz CT molecular complexity index is 684. The van der Waals surface area contributed by atoms with Gasteiger partial charge in [-0.3, -0.25) is 9.59 Å². The van der Waals surface area contributed by atoms with Gasteiger partial charge in [0.05, 0.1) is 19.3 Å². The fraction of sp³-hybridized carbons (Fsp3) is 0.571. The van der Waals surface area contributed by atoms with E-state index >= 15 is 0 Å². The Morgan fingerprint density at radius 2 is 1.89 bits per heavy atom. The summed E-state index contributed by atoms with van der Waals surface area (Å²) in [6.07, 6.45) is 0.721. The van der Waals surface area contributed by atoms with E-state index < -0.39 is 23.8 Å². The summed E-state index contributed by atoms with van der Waals surface area (Å²) in [5.74, 6) is -0.372. The fourth-order valence-electron chi connectivity index (χ4n) is 3.15. The molecule has 0 aromatic heterocycles. The molecule has 0 spiro atoms. The van der Waals surface area contributed by atoms with E-state index in [0.717, 1.165) is 12.0 Å². The van der Waals surface area contributed by atoms with Crippen molar-refractivity contribution in [2.24, 2.45) is 0 Å². The summed E-state index contributed by atoms with van der Waals surface area (Å²) in [5, 5.41) is 2.61. The van der Waals surface area contributed by atoms with Gasteiger partial charge in [0.1, 0.15) is 11.6 Å². The van der Waals surface area contributed by atoms with Crippen LogP contribution in [-0.2, 0) is 25.7 Å². The third-order valence-corrected chi connectivity index (χ3v) is 4.39. The Hall–Kier alpha value is -2.41. The van der Waals surface area contributed by atoms with E-state index in [-0.39, 0.29) is 18.3 Å². The number of ether oxygens (including phenoxy) is 2. The quantitative estimate of drug-likeness (QED) is 0.774. The van der Waals surface area contributed by atoms with Crippen LogP contribution >= 0.6 is 0 Å². The van der Waals surface area contributed by atoms with Gasteiger partial charge >= 0.3 is 6.09 Å². The lowest BCUT2D eigenvalue weighted by molar-refractivity contribution is -0.140. The van der Waals surface area contributed by atoms with Crippen molar-refractivity contribution in [3.63, 3.8) is 0 Å². The molecule has 1 N–H and O–H groups in total. The van der Waals surface area contributed by atoms with Crippen LogP contribution in [0.2, 0.25) is 0 Å². The lowest BCUT2D eigenvalue weighted by Crippen LogP contribution is -2.54. The molecule has 0 saturated carbocycles. The number of likely N-dealkylation sites (tertiary alicyclic amines) is 1. The van der Waals surface area contributed by atoms with Gasteiger partial charge in [-0.05, 0) is 46.1 Å². The van der Waals surface area contributed by atoms with Crippen LogP contribution in [0.4, 0.5) is 4.79 Å². The number of carbonyl (C=O) groups excluding carboxylic acids is 3. The highest BCUT2D eigenvalue weighted by Crippen LogP contribution is 2.19. The zero-order chi connectivity index (χ0) is 20.7. The first-order chi connectivity index (χ1) is 13.2. The topological polar surface area (TPSA) is 84.9 Å². The molecule has 1 saturated heterocycles. The average Bonchev–Trinajstić information content (AvgIpc) is 3.09. The second kappa shape index (κ2) is 9.68. The van der Waals surface area contributed by atoms with Crippen molar-refractivity contribution in [2.75, 3.05) is 13.2 Å². The van der Waals surface area contributed by atoms with Gasteiger partial charge in [-0.1, -0.05) is 30.3 Å². The highest BCUT2D eigenvalue weighted by Gasteiger charge is 2.36. The molecular formula is C21H30N2O5. The number of hydrogen-bond donors (Lipinski definition) is 1. The molecule has 1 aliphatic rings. The lowest BCUT2D eigenvalue weighted by Gasteiger charge is -2.29. The van der Waals surface area contributed by atoms with Crippen LogP contribution in [0.3, 0.4) is 0 Å². The lowest BCUT2D eigenvalue weighted by atomic mass is 10.1. The Morgan fingerprint density at radius 1 is 1.21 bits per heavy atom. The Balaban J connectivity index is 2.05. The minimum Gasteiger partial charge on any atom is -0.444 e. The maximum atomic E-state index is 13.0. The van der Waals surface area contributed by atoms with Crippen molar-refractivity contribution in [1.29, 1.82) is 0 Å². The minimum absolute atomic E-state index is 0.00586. The van der Waals surface area contributed by atoms with Gasteiger partial charge in [-0.15, -0.1) is 0 Å². The van der Waals surface area contributed by atoms with E-state index in [1.54, 1.807) is 20.8 Å². The number of hydrogen-bond acceptors (Lipinski definition) is 5. The van der Waals surface area contributed by atoms with Crippen LogP contribution in [0.1, 0.15) is 46.1 Å². The van der Waals surface area contributed by atoms with Gasteiger partial charge < -0.3 is 19.7 Å². The summed E-state index contributed by atoms with van der Waals surface area (Å²) >= 11 is 0. The predicted molar refractivity (Wildman–Crippen MR) is 105 cm³/mol. The van der Waals surface area contributed by atoms with Crippen LogP contribution in [0.15, 0.2) is 30.3 Å². The van der Waals surface area contributed by atoms with E-state index in [0.29, 0.717) is 19.6 Å². The molecule has 1 aromatic rings. The highest BCUT2D eigenvalue weighted by atomic mass is 16.6. The van der Waals surface area contributed by atoms with Crippen molar-refractivity contribution in [3.8, 4) is 0 Å². The number of benzene rings is 1. The molecule has 7 nitrogen and oxygen atoms in total. The van der Waals surface area contributed by atoms with Crippen LogP contribution in [-0.4, -0.2) is 53.5 Å². The molecule has 0 radical (unpaired) electrons. The molecule has 28 heavy (non-hydrogen) atoms. The summed E-state index contributed by atoms with van der Waals surface area (Å²) in [7, 11) is 0. The third-order valence-electron chi connectivity index (χ3n) is 4.39. The number of amides is 2. The van der Waals surface area contributed by atoms with Gasteiger partial charge in [0.15, 0.2) is 5.78 Å². The zero-order valence-corrected chi connectivity index (χ0v) is 17.1. The first kappa shape index (κ1) is 21.9. The normalized spacial score (nSPS) is 17.9. The zero-order valence-electron chi connectivity index (χ0n) is 17.1. The van der Waals surface area contributed by atoms with Crippen LogP contribution < -0.4 is 5.32 Å². The summed E-state index contributed by atoms with van der Waals surface area (Å²) < 4.78 is 11.0. The minimum atomic E-state index is -0.918. The molecule has 1 heterocycles. The van der Waals surface area contributed by atoms with Gasteiger partial charge in [0.2, 0.25) is 5.91 Å². The highest BCUT2D eigenvalue weighted by molar-refractivity contribution is 5.91. The molecule has 7 heteroatoms. The monoisotopic (exact) mass is 390 g/mol. The molecule has 1 aromatic carbocycles. The van der Waals surface area contributed by atoms with Gasteiger partial charge in [-0.2, -0.15) is 0 Å². The number of nitrogens with one attached hydrogen (secondary N) is 1. The molecule has 0 aliphatic carbocycles. The fourth-order valence-corrected chi connectivity index (χ4v) is 3.15. The van der Waals surface area contributed by atoms with Crippen LogP contribution in [0, 0.1) is 0 Å². The molecule has 1 aliphatic heterocycles. The number of carbonyl (C=O) groups is 3. The molecular weight excluding hydrogens is 360 g/mol. The molecule has 2 atom stereocenters. The van der Waals surface area contributed by atoms with Gasteiger partial charge in [-0.25, -0.2) is 4.79 Å². The van der Waals surface area contributed by atoms with E-state index in [9.17, 15) is 14.4 Å². The van der Waals surface area contributed by atoms with Crippen LogP contribution in [0.5, 0.6) is 0 Å². The molecule has 154 valence electrons. The summed E-state index contributed by atoms with van der Waals surface area (Å²) in [5.41, 5.74) is 0.284. The van der Waals surface area contributed by atoms with Gasteiger partial charge in [0, 0.05) is 6.54 Å². The first-order valence-corrected chi connectivity index (χ1v) is 9.59. The van der Waals surface area contributed by atoms with E-state index in [2.05, 4.69) is 5.32 Å². The summed E-state index contributed by atoms with van der Waals surface area (Å²) in [6.45, 7) is 7.54. The standard InChI is InChI=1S/C21H30N2O5/c1-15(24)18-11-8-12-23(18)19(25)17(22-20(26)28-21(2,3)4)14-27-13-16-9-6-5-7-10-16/h5-7,9-10,17-18H,8,11-14H2,1-4H3,(H,22,26)/t17-,18-/m0/s1. The second-order valence-electron chi connectivity index (χ2n) is 8.00. The van der Waals surface area contributed by atoms with E-state index in [1.807, 2.05) is 30.3 Å². The number of alkyl carbamates (subject to hydrolysis) is 1. The van der Waals surface area contributed by atoms with E-state index in [1.165, 1.54) is 11.8 Å². The Morgan fingerprint density at radius 3 is 2.50 bits per heavy atom. The molecule has 1 fully saturated rings. The summed E-state index contributed by atoms with van der Waals surface area (Å²) in [4.78, 5) is 38.6. The van der Waals surface area contributed by atoms with Crippen molar-refractivity contribution >= 4 is 17.8 Å².